The van der Waals surface area contributed by atoms with Gasteiger partial charge in [-0.15, -0.1) is 0 Å². The predicted octanol–water partition coefficient (Wildman–Crippen LogP) is 4.87. The smallest absolute Gasteiger partial charge is 0.261 e. The number of hydrogen-bond acceptors (Lipinski definition) is 4. The van der Waals surface area contributed by atoms with E-state index in [9.17, 15) is 13.2 Å². The molecule has 1 amide bonds. The number of amides is 1. The molecule has 2 N–H and O–H groups in total. The molecule has 3 aromatic carbocycles. The molecule has 0 fully saturated rings. The van der Waals surface area contributed by atoms with Crippen LogP contribution in [0.5, 0.6) is 0 Å². The van der Waals surface area contributed by atoms with Crippen LogP contribution in [0.2, 0.25) is 5.02 Å². The van der Waals surface area contributed by atoms with Crippen molar-refractivity contribution in [1.82, 2.24) is 14.9 Å². The Balaban J connectivity index is 1.47. The fourth-order valence-electron chi connectivity index (χ4n) is 3.49. The van der Waals surface area contributed by atoms with Crippen LogP contribution in [-0.4, -0.2) is 23.9 Å². The maximum atomic E-state index is 12.8. The van der Waals surface area contributed by atoms with E-state index >= 15 is 0 Å². The topological polar surface area (TPSA) is 93.1 Å². The van der Waals surface area contributed by atoms with Gasteiger partial charge in [-0.2, -0.15) is 0 Å². The number of imidazole rings is 1. The summed E-state index contributed by atoms with van der Waals surface area (Å²) < 4.78 is 29.7. The van der Waals surface area contributed by atoms with Gasteiger partial charge >= 0.3 is 0 Å². The molecule has 4 rings (SSSR count). The van der Waals surface area contributed by atoms with E-state index in [1.54, 1.807) is 18.3 Å². The number of carbonyl (C=O) groups is 1. The zero-order valence-electron chi connectivity index (χ0n) is 18.6. The Morgan fingerprint density at radius 3 is 2.44 bits per heavy atom. The van der Waals surface area contributed by atoms with Gasteiger partial charge in [0.15, 0.2) is 0 Å². The van der Waals surface area contributed by atoms with Crippen LogP contribution in [0.15, 0.2) is 84.0 Å². The monoisotopic (exact) mass is 494 g/mol. The fraction of sp³-hybridized carbons (Fsp3) is 0.120. The lowest BCUT2D eigenvalue weighted by atomic mass is 10.1. The largest absolute Gasteiger partial charge is 0.348 e. The number of para-hydroxylation sites is 1. The lowest BCUT2D eigenvalue weighted by molar-refractivity contribution is 0.0951. The van der Waals surface area contributed by atoms with E-state index in [-0.39, 0.29) is 33.6 Å². The predicted molar refractivity (Wildman–Crippen MR) is 133 cm³/mol. The zero-order chi connectivity index (χ0) is 24.3. The number of halogens is 1. The number of benzene rings is 3. The highest BCUT2D eigenvalue weighted by Crippen LogP contribution is 2.24. The van der Waals surface area contributed by atoms with Crippen molar-refractivity contribution in [2.24, 2.45) is 0 Å². The van der Waals surface area contributed by atoms with Crippen molar-refractivity contribution in [3.8, 4) is 5.69 Å². The lowest BCUT2D eigenvalue weighted by Gasteiger charge is -2.14. The van der Waals surface area contributed by atoms with Gasteiger partial charge in [-0.05, 0) is 55.8 Å². The lowest BCUT2D eigenvalue weighted by Crippen LogP contribution is -2.24. The quantitative estimate of drug-likeness (QED) is 0.383. The summed E-state index contributed by atoms with van der Waals surface area (Å²) in [6.07, 6.45) is 3.59. The summed E-state index contributed by atoms with van der Waals surface area (Å²) in [6.45, 7) is 4.07. The van der Waals surface area contributed by atoms with Crippen molar-refractivity contribution in [3.05, 3.63) is 107 Å². The first-order chi connectivity index (χ1) is 16.2. The molecule has 7 nitrogen and oxygen atoms in total. The number of aromatic nitrogens is 2. The second-order valence-corrected chi connectivity index (χ2v) is 9.86. The highest BCUT2D eigenvalue weighted by molar-refractivity contribution is 7.92. The number of aryl methyl sites for hydroxylation is 2. The average Bonchev–Trinajstić information content (AvgIpc) is 3.23. The molecular weight excluding hydrogens is 472 g/mol. The van der Waals surface area contributed by atoms with Gasteiger partial charge in [-0.3, -0.25) is 9.52 Å². The first kappa shape index (κ1) is 23.5. The first-order valence-corrected chi connectivity index (χ1v) is 12.4. The number of nitrogens with one attached hydrogen (secondary N) is 2. The van der Waals surface area contributed by atoms with E-state index in [4.69, 9.17) is 11.6 Å². The number of hydrogen-bond donors (Lipinski definition) is 2. The minimum atomic E-state index is -3.77. The normalized spacial score (nSPS) is 11.3. The van der Waals surface area contributed by atoms with Crippen LogP contribution in [0.4, 0.5) is 5.69 Å². The molecule has 1 heterocycles. The van der Waals surface area contributed by atoms with Gasteiger partial charge in [0.05, 0.1) is 26.9 Å². The van der Waals surface area contributed by atoms with Gasteiger partial charge in [0.1, 0.15) is 5.82 Å². The Labute approximate surface area is 203 Å². The summed E-state index contributed by atoms with van der Waals surface area (Å²) >= 11 is 6.33. The molecule has 4 aromatic rings. The maximum absolute atomic E-state index is 12.8. The molecule has 0 bridgehead atoms. The summed E-state index contributed by atoms with van der Waals surface area (Å²) in [6, 6.07) is 18.7. The van der Waals surface area contributed by atoms with E-state index in [2.05, 4.69) is 15.0 Å². The van der Waals surface area contributed by atoms with Crippen molar-refractivity contribution in [2.45, 2.75) is 25.3 Å². The minimum absolute atomic E-state index is 0.139. The third-order valence-corrected chi connectivity index (χ3v) is 7.02. The number of rotatable bonds is 7. The van der Waals surface area contributed by atoms with Crippen molar-refractivity contribution in [1.29, 1.82) is 0 Å². The number of anilines is 1. The highest BCUT2D eigenvalue weighted by Gasteiger charge is 2.17. The molecule has 0 unspecified atom stereocenters. The summed E-state index contributed by atoms with van der Waals surface area (Å²) in [4.78, 5) is 17.2. The van der Waals surface area contributed by atoms with E-state index in [1.807, 2.05) is 48.9 Å². The standard InChI is InChI=1S/C25H23ClN4O3S/c1-17-7-10-21(11-8-17)34(32,33)29-20-9-12-22(23(26)15-20)25(31)28-16-19-5-3-4-6-24(19)30-14-13-27-18(30)2/h3-15,29H,16H2,1-2H3,(H,28,31). The van der Waals surface area contributed by atoms with Crippen LogP contribution in [-0.2, 0) is 16.6 Å². The first-order valence-electron chi connectivity index (χ1n) is 10.5. The number of nitrogens with zero attached hydrogens (tertiary/aromatic N) is 2. The molecule has 0 aliphatic carbocycles. The Kier molecular flexibility index (Phi) is 6.72. The second-order valence-electron chi connectivity index (χ2n) is 7.77. The van der Waals surface area contributed by atoms with E-state index < -0.39 is 10.0 Å². The number of sulfonamides is 1. The van der Waals surface area contributed by atoms with Gasteiger partial charge in [0.2, 0.25) is 0 Å². The molecule has 34 heavy (non-hydrogen) atoms. The molecular formula is C25H23ClN4O3S. The molecule has 174 valence electrons. The third-order valence-electron chi connectivity index (χ3n) is 5.31. The Hall–Kier alpha value is -3.62. The van der Waals surface area contributed by atoms with E-state index in [0.717, 1.165) is 22.6 Å². The van der Waals surface area contributed by atoms with Crippen LogP contribution in [0, 0.1) is 13.8 Å². The Morgan fingerprint density at radius 1 is 1.03 bits per heavy atom. The van der Waals surface area contributed by atoms with Crippen molar-refractivity contribution in [2.75, 3.05) is 4.72 Å². The molecule has 0 saturated heterocycles. The fourth-order valence-corrected chi connectivity index (χ4v) is 4.81. The van der Waals surface area contributed by atoms with Gasteiger partial charge < -0.3 is 9.88 Å². The van der Waals surface area contributed by atoms with Crippen LogP contribution >= 0.6 is 11.6 Å². The highest BCUT2D eigenvalue weighted by atomic mass is 35.5. The van der Waals surface area contributed by atoms with Gasteiger partial charge in [0, 0.05) is 18.9 Å². The van der Waals surface area contributed by atoms with E-state index in [1.165, 1.54) is 30.3 Å². The summed E-state index contributed by atoms with van der Waals surface area (Å²) in [5.74, 6) is 0.473. The average molecular weight is 495 g/mol. The van der Waals surface area contributed by atoms with E-state index in [0.29, 0.717) is 0 Å². The van der Waals surface area contributed by atoms with Crippen LogP contribution in [0.3, 0.4) is 0 Å². The maximum Gasteiger partial charge on any atom is 0.261 e. The number of carbonyl (C=O) groups excluding carboxylic acids is 1. The Bertz CT molecular complexity index is 1450. The molecule has 1 aromatic heterocycles. The van der Waals surface area contributed by atoms with Gasteiger partial charge in [-0.25, -0.2) is 13.4 Å². The van der Waals surface area contributed by atoms with Crippen molar-refractivity contribution in [3.63, 3.8) is 0 Å². The van der Waals surface area contributed by atoms with Gasteiger partial charge in [-0.1, -0.05) is 47.5 Å². The zero-order valence-corrected chi connectivity index (χ0v) is 20.2. The van der Waals surface area contributed by atoms with Crippen LogP contribution in [0.25, 0.3) is 5.69 Å². The Morgan fingerprint density at radius 2 is 1.76 bits per heavy atom. The van der Waals surface area contributed by atoms with Crippen LogP contribution < -0.4 is 10.0 Å². The molecule has 0 spiro atoms. The second kappa shape index (κ2) is 9.70. The van der Waals surface area contributed by atoms with Crippen LogP contribution in [0.1, 0.15) is 27.3 Å². The molecule has 0 saturated carbocycles. The molecule has 9 heteroatoms. The molecule has 0 aliphatic heterocycles. The van der Waals surface area contributed by atoms with Crippen molar-refractivity contribution < 1.29 is 13.2 Å². The summed E-state index contributed by atoms with van der Waals surface area (Å²) in [5.41, 5.74) is 3.31. The third kappa shape index (κ3) is 5.13. The molecule has 0 aliphatic rings. The molecule has 0 atom stereocenters. The van der Waals surface area contributed by atoms with Crippen molar-refractivity contribution >= 4 is 33.2 Å². The summed E-state index contributed by atoms with van der Waals surface area (Å²) in [5, 5.41) is 3.02. The molecule has 0 radical (unpaired) electrons. The minimum Gasteiger partial charge on any atom is -0.348 e. The van der Waals surface area contributed by atoms with Gasteiger partial charge in [0.25, 0.3) is 15.9 Å². The summed E-state index contributed by atoms with van der Waals surface area (Å²) in [7, 11) is -3.77. The SMILES string of the molecule is Cc1ccc(S(=O)(=O)Nc2ccc(C(=O)NCc3ccccc3-n3ccnc3C)c(Cl)c2)cc1.